The van der Waals surface area contributed by atoms with Gasteiger partial charge in [0.15, 0.2) is 5.79 Å². The van der Waals surface area contributed by atoms with Crippen molar-refractivity contribution in [1.82, 2.24) is 0 Å². The molecule has 0 heterocycles. The molecule has 1 atom stereocenters. The Labute approximate surface area is 43.8 Å². The summed E-state index contributed by atoms with van der Waals surface area (Å²) in [4.78, 5) is 0. The Bertz CT molecular complexity index is 51.6. The van der Waals surface area contributed by atoms with E-state index in [1.165, 1.54) is 6.92 Å². The first kappa shape index (κ1) is 6.92. The second-order valence-corrected chi connectivity index (χ2v) is 2.21. The van der Waals surface area contributed by atoms with Crippen molar-refractivity contribution in [2.75, 3.05) is 0 Å². The summed E-state index contributed by atoms with van der Waals surface area (Å²) in [7, 11) is 0. The molecule has 0 aromatic rings. The molecule has 0 fully saturated rings. The Kier molecular flexibility index (Phi) is 1.78. The first-order chi connectivity index (χ1) is 2.94. The normalized spacial score (nSPS) is 12.9. The Hall–Kier alpha value is -0.0800. The van der Waals surface area contributed by atoms with Crippen LogP contribution in [0, 0.1) is 5.92 Å². The monoisotopic (exact) mass is 103 g/mol. The molecule has 0 amide bonds. The van der Waals surface area contributed by atoms with Crippen molar-refractivity contribution in [3.63, 3.8) is 0 Å². The van der Waals surface area contributed by atoms with Crippen molar-refractivity contribution >= 4 is 0 Å². The Morgan fingerprint density at radius 2 is 1.71 bits per heavy atom. The molecule has 0 rings (SSSR count). The van der Waals surface area contributed by atoms with Crippen LogP contribution in [0.15, 0.2) is 0 Å². The average Bonchev–Trinajstić information content (AvgIpc) is 1.31. The Morgan fingerprint density at radius 3 is 1.71 bits per heavy atom. The van der Waals surface area contributed by atoms with Crippen LogP contribution in [-0.2, 0) is 5.11 Å². The van der Waals surface area contributed by atoms with Crippen LogP contribution in [0.4, 0.5) is 0 Å². The number of aliphatic hydroxyl groups is 1. The lowest BCUT2D eigenvalue weighted by molar-refractivity contribution is -0.218. The maximum atomic E-state index is 10.4. The van der Waals surface area contributed by atoms with Gasteiger partial charge in [-0.05, 0) is 6.92 Å². The van der Waals surface area contributed by atoms with Gasteiger partial charge in [-0.15, -0.1) is 0 Å². The summed E-state index contributed by atoms with van der Waals surface area (Å²) in [5.41, 5.74) is 0. The molecule has 0 aromatic carbocycles. The van der Waals surface area contributed by atoms with E-state index in [0.29, 0.717) is 0 Å². The summed E-state index contributed by atoms with van der Waals surface area (Å²) in [6, 6.07) is 0. The maximum absolute atomic E-state index is 10.4. The highest BCUT2D eigenvalue weighted by Gasteiger charge is 2.21. The first-order valence-corrected chi connectivity index (χ1v) is 2.37. The van der Waals surface area contributed by atoms with E-state index in [2.05, 4.69) is 0 Å². The highest BCUT2D eigenvalue weighted by atomic mass is 16.5. The van der Waals surface area contributed by atoms with Gasteiger partial charge in [-0.3, -0.25) is 0 Å². The first-order valence-electron chi connectivity index (χ1n) is 2.37. The molecule has 0 saturated carbocycles. The lowest BCUT2D eigenvalue weighted by Gasteiger charge is -2.16. The Morgan fingerprint density at radius 1 is 1.57 bits per heavy atom. The van der Waals surface area contributed by atoms with Crippen LogP contribution in [0.5, 0.6) is 0 Å². The van der Waals surface area contributed by atoms with Gasteiger partial charge in [0.1, 0.15) is 0 Å². The molecule has 0 aromatic heterocycles. The van der Waals surface area contributed by atoms with Gasteiger partial charge in [0.25, 0.3) is 0 Å². The molecule has 7 heavy (non-hydrogen) atoms. The van der Waals surface area contributed by atoms with E-state index in [1.807, 2.05) is 0 Å². The van der Waals surface area contributed by atoms with Crippen molar-refractivity contribution < 1.29 is 10.2 Å². The van der Waals surface area contributed by atoms with E-state index < -0.39 is 5.79 Å². The van der Waals surface area contributed by atoms with Crippen molar-refractivity contribution in [2.45, 2.75) is 26.6 Å². The molecule has 0 aliphatic heterocycles. The zero-order chi connectivity index (χ0) is 6.08. The van der Waals surface area contributed by atoms with Crippen LogP contribution in [0.1, 0.15) is 20.8 Å². The molecule has 0 spiro atoms. The van der Waals surface area contributed by atoms with Gasteiger partial charge < -0.3 is 5.11 Å². The average molecular weight is 103 g/mol. The third-order valence-electron chi connectivity index (χ3n) is 1.07. The molecule has 0 aliphatic carbocycles. The highest BCUT2D eigenvalue weighted by Crippen LogP contribution is 2.10. The lowest BCUT2D eigenvalue weighted by atomic mass is 10.1. The SMILES string of the molecule is CC(C)C(C)([O])O. The smallest absolute Gasteiger partial charge is 0.198 e. The van der Waals surface area contributed by atoms with Gasteiger partial charge in [0, 0.05) is 5.92 Å². The highest BCUT2D eigenvalue weighted by molar-refractivity contribution is 4.58. The summed E-state index contributed by atoms with van der Waals surface area (Å²) in [6.45, 7) is 4.64. The van der Waals surface area contributed by atoms with Crippen molar-refractivity contribution in [2.24, 2.45) is 5.92 Å². The summed E-state index contributed by atoms with van der Waals surface area (Å²) in [6.07, 6.45) is 0. The molecule has 1 unspecified atom stereocenters. The largest absolute Gasteiger partial charge is 0.363 e. The Balaban J connectivity index is 3.54. The minimum absolute atomic E-state index is 0.201. The fraction of sp³-hybridized carbons (Fsp3) is 1.00. The van der Waals surface area contributed by atoms with E-state index >= 15 is 0 Å². The van der Waals surface area contributed by atoms with E-state index in [-0.39, 0.29) is 5.92 Å². The topological polar surface area (TPSA) is 40.1 Å². The van der Waals surface area contributed by atoms with Gasteiger partial charge in [-0.25, -0.2) is 0 Å². The van der Waals surface area contributed by atoms with Crippen molar-refractivity contribution in [3.8, 4) is 0 Å². The van der Waals surface area contributed by atoms with Crippen LogP contribution < -0.4 is 0 Å². The quantitative estimate of drug-likeness (QED) is 0.489. The molecule has 1 N–H and O–H groups in total. The minimum atomic E-state index is -1.75. The van der Waals surface area contributed by atoms with Gasteiger partial charge in [0.2, 0.25) is 0 Å². The van der Waals surface area contributed by atoms with Crippen molar-refractivity contribution in [1.29, 1.82) is 0 Å². The summed E-state index contributed by atoms with van der Waals surface area (Å²) >= 11 is 0. The molecular weight excluding hydrogens is 92.1 g/mol. The lowest BCUT2D eigenvalue weighted by Crippen LogP contribution is -2.27. The minimum Gasteiger partial charge on any atom is -0.363 e. The zero-order valence-electron chi connectivity index (χ0n) is 4.93. The second-order valence-electron chi connectivity index (χ2n) is 2.21. The molecule has 43 valence electrons. The number of hydrogen-bond donors (Lipinski definition) is 1. The van der Waals surface area contributed by atoms with Crippen LogP contribution in [0.2, 0.25) is 0 Å². The van der Waals surface area contributed by atoms with Gasteiger partial charge in [0.05, 0.1) is 0 Å². The second kappa shape index (κ2) is 1.80. The van der Waals surface area contributed by atoms with E-state index in [0.717, 1.165) is 0 Å². The van der Waals surface area contributed by atoms with Crippen LogP contribution in [-0.4, -0.2) is 10.9 Å². The van der Waals surface area contributed by atoms with E-state index in [9.17, 15) is 5.11 Å². The standard InChI is InChI=1S/C5H11O2/c1-4(2)5(3,6)7/h4,6H,1-3H3. The molecule has 0 saturated heterocycles. The number of rotatable bonds is 1. The number of hydrogen-bond acceptors (Lipinski definition) is 1. The summed E-state index contributed by atoms with van der Waals surface area (Å²) in [5, 5.41) is 18.9. The maximum Gasteiger partial charge on any atom is 0.198 e. The van der Waals surface area contributed by atoms with Crippen molar-refractivity contribution in [3.05, 3.63) is 0 Å². The fourth-order valence-corrected chi connectivity index (χ4v) is 0. The third kappa shape index (κ3) is 2.60. The predicted octanol–water partition coefficient (Wildman–Crippen LogP) is 0.781. The fourth-order valence-electron chi connectivity index (χ4n) is 0. The summed E-state index contributed by atoms with van der Waals surface area (Å²) in [5.74, 6) is -1.95. The van der Waals surface area contributed by atoms with E-state index in [4.69, 9.17) is 5.11 Å². The van der Waals surface area contributed by atoms with Gasteiger partial charge in [-0.1, -0.05) is 13.8 Å². The zero-order valence-corrected chi connectivity index (χ0v) is 4.93. The molecule has 0 bridgehead atoms. The molecular formula is C5H11O2. The van der Waals surface area contributed by atoms with E-state index in [1.54, 1.807) is 13.8 Å². The molecule has 0 aliphatic rings. The van der Waals surface area contributed by atoms with Crippen LogP contribution in [0.25, 0.3) is 0 Å². The van der Waals surface area contributed by atoms with Gasteiger partial charge >= 0.3 is 0 Å². The molecule has 2 nitrogen and oxygen atoms in total. The molecule has 1 radical (unpaired) electrons. The van der Waals surface area contributed by atoms with Crippen LogP contribution >= 0.6 is 0 Å². The van der Waals surface area contributed by atoms with Crippen LogP contribution in [0.3, 0.4) is 0 Å². The third-order valence-corrected chi connectivity index (χ3v) is 1.07. The van der Waals surface area contributed by atoms with Gasteiger partial charge in [-0.2, -0.15) is 5.11 Å². The summed E-state index contributed by atoms with van der Waals surface area (Å²) < 4.78 is 0. The molecule has 2 heteroatoms. The predicted molar refractivity (Wildman–Crippen MR) is 26.1 cm³/mol.